The van der Waals surface area contributed by atoms with Gasteiger partial charge in [-0.05, 0) is 18.2 Å². The van der Waals surface area contributed by atoms with E-state index in [9.17, 15) is 0 Å². The van der Waals surface area contributed by atoms with Crippen molar-refractivity contribution in [1.29, 1.82) is 0 Å². The van der Waals surface area contributed by atoms with E-state index in [1.165, 1.54) is 0 Å². The summed E-state index contributed by atoms with van der Waals surface area (Å²) in [5.41, 5.74) is 3.70. The van der Waals surface area contributed by atoms with Crippen LogP contribution in [0.2, 0.25) is 0 Å². The van der Waals surface area contributed by atoms with Crippen molar-refractivity contribution >= 4 is 0 Å². The summed E-state index contributed by atoms with van der Waals surface area (Å²) < 4.78 is 5.51. The first-order valence-corrected chi connectivity index (χ1v) is 7.44. The molecule has 0 unspecified atom stereocenters. The third-order valence-corrected chi connectivity index (χ3v) is 3.60. The standard InChI is InChI=1S/C20H14N2O/c1-3-8-15(9-4-1)17-14-18(19-12-7-13-23-19)22-20(21-17)16-10-5-2-6-11-16/h1-14H. The van der Waals surface area contributed by atoms with Gasteiger partial charge < -0.3 is 4.42 Å². The Morgan fingerprint density at radius 2 is 1.26 bits per heavy atom. The highest BCUT2D eigenvalue weighted by Gasteiger charge is 2.11. The number of hydrogen-bond donors (Lipinski definition) is 0. The molecule has 0 saturated carbocycles. The lowest BCUT2D eigenvalue weighted by Gasteiger charge is -2.07. The first-order chi connectivity index (χ1) is 11.4. The molecule has 0 saturated heterocycles. The molecule has 0 aliphatic rings. The molecular formula is C20H14N2O. The average molecular weight is 298 g/mol. The molecule has 0 aliphatic carbocycles. The molecule has 2 aromatic heterocycles. The molecule has 0 radical (unpaired) electrons. The molecule has 4 aromatic rings. The fourth-order valence-electron chi connectivity index (χ4n) is 2.47. The van der Waals surface area contributed by atoms with Crippen LogP contribution in [0.4, 0.5) is 0 Å². The van der Waals surface area contributed by atoms with E-state index in [-0.39, 0.29) is 0 Å². The first kappa shape index (κ1) is 13.5. The van der Waals surface area contributed by atoms with Crippen molar-refractivity contribution in [2.24, 2.45) is 0 Å². The predicted octanol–water partition coefficient (Wildman–Crippen LogP) is 5.07. The van der Waals surface area contributed by atoms with Crippen molar-refractivity contribution in [2.75, 3.05) is 0 Å². The van der Waals surface area contributed by atoms with Crippen molar-refractivity contribution < 1.29 is 4.42 Å². The van der Waals surface area contributed by atoms with E-state index >= 15 is 0 Å². The van der Waals surface area contributed by atoms with Crippen LogP contribution in [0, 0.1) is 0 Å². The van der Waals surface area contributed by atoms with Gasteiger partial charge in [0.15, 0.2) is 11.6 Å². The Labute approximate surface area is 134 Å². The number of aromatic nitrogens is 2. The Hall–Kier alpha value is -3.20. The molecule has 0 amide bonds. The normalized spacial score (nSPS) is 10.6. The van der Waals surface area contributed by atoms with E-state index in [2.05, 4.69) is 4.98 Å². The van der Waals surface area contributed by atoms with Crippen molar-refractivity contribution in [3.05, 3.63) is 85.1 Å². The van der Waals surface area contributed by atoms with Gasteiger partial charge in [0.05, 0.1) is 12.0 Å². The maximum atomic E-state index is 5.51. The summed E-state index contributed by atoms with van der Waals surface area (Å²) >= 11 is 0. The van der Waals surface area contributed by atoms with Gasteiger partial charge in [-0.15, -0.1) is 0 Å². The molecule has 0 atom stereocenters. The predicted molar refractivity (Wildman–Crippen MR) is 90.6 cm³/mol. The van der Waals surface area contributed by atoms with Gasteiger partial charge in [0, 0.05) is 11.1 Å². The van der Waals surface area contributed by atoms with Crippen molar-refractivity contribution in [1.82, 2.24) is 9.97 Å². The monoisotopic (exact) mass is 298 g/mol. The highest BCUT2D eigenvalue weighted by Crippen LogP contribution is 2.27. The van der Waals surface area contributed by atoms with E-state index < -0.39 is 0 Å². The van der Waals surface area contributed by atoms with Gasteiger partial charge >= 0.3 is 0 Å². The topological polar surface area (TPSA) is 38.9 Å². The fraction of sp³-hybridized carbons (Fsp3) is 0. The van der Waals surface area contributed by atoms with Gasteiger partial charge in [-0.25, -0.2) is 9.97 Å². The van der Waals surface area contributed by atoms with E-state index in [0.717, 1.165) is 28.3 Å². The Bertz CT molecular complexity index is 843. The number of benzene rings is 2. The molecule has 3 nitrogen and oxygen atoms in total. The van der Waals surface area contributed by atoms with Crippen LogP contribution in [0.3, 0.4) is 0 Å². The second kappa shape index (κ2) is 5.89. The van der Waals surface area contributed by atoms with Gasteiger partial charge in [-0.2, -0.15) is 0 Å². The van der Waals surface area contributed by atoms with E-state index in [1.54, 1.807) is 6.26 Å². The summed E-state index contributed by atoms with van der Waals surface area (Å²) in [4.78, 5) is 9.40. The molecule has 2 heterocycles. The largest absolute Gasteiger partial charge is 0.463 e. The van der Waals surface area contributed by atoms with Crippen LogP contribution in [0.15, 0.2) is 89.5 Å². The Morgan fingerprint density at radius 1 is 0.609 bits per heavy atom. The molecule has 2 aromatic carbocycles. The van der Waals surface area contributed by atoms with Gasteiger partial charge in [-0.1, -0.05) is 60.7 Å². The Balaban J connectivity index is 1.91. The molecule has 110 valence electrons. The van der Waals surface area contributed by atoms with Gasteiger partial charge in [-0.3, -0.25) is 0 Å². The van der Waals surface area contributed by atoms with Crippen LogP contribution in [-0.2, 0) is 0 Å². The summed E-state index contributed by atoms with van der Waals surface area (Å²) in [6, 6.07) is 25.8. The molecule has 0 spiro atoms. The summed E-state index contributed by atoms with van der Waals surface area (Å²) in [5, 5.41) is 0. The van der Waals surface area contributed by atoms with Crippen LogP contribution < -0.4 is 0 Å². The zero-order valence-corrected chi connectivity index (χ0v) is 12.4. The molecule has 0 fully saturated rings. The SMILES string of the molecule is c1ccc(-c2cc(-c3ccco3)nc(-c3ccccc3)n2)cc1. The molecule has 0 N–H and O–H groups in total. The fourth-order valence-corrected chi connectivity index (χ4v) is 2.47. The van der Waals surface area contributed by atoms with Crippen molar-refractivity contribution in [3.63, 3.8) is 0 Å². The number of nitrogens with zero attached hydrogens (tertiary/aromatic N) is 2. The zero-order valence-electron chi connectivity index (χ0n) is 12.4. The van der Waals surface area contributed by atoms with Crippen LogP contribution in [-0.4, -0.2) is 9.97 Å². The van der Waals surface area contributed by atoms with Gasteiger partial charge in [0.2, 0.25) is 0 Å². The third-order valence-electron chi connectivity index (χ3n) is 3.60. The number of hydrogen-bond acceptors (Lipinski definition) is 3. The lowest BCUT2D eigenvalue weighted by atomic mass is 10.1. The second-order valence-corrected chi connectivity index (χ2v) is 5.17. The van der Waals surface area contributed by atoms with E-state index in [4.69, 9.17) is 9.40 Å². The van der Waals surface area contributed by atoms with E-state index in [1.807, 2.05) is 78.9 Å². The minimum Gasteiger partial charge on any atom is -0.463 e. The molecular weight excluding hydrogens is 284 g/mol. The lowest BCUT2D eigenvalue weighted by Crippen LogP contribution is -1.95. The van der Waals surface area contributed by atoms with Crippen LogP contribution >= 0.6 is 0 Å². The van der Waals surface area contributed by atoms with Crippen molar-refractivity contribution in [3.8, 4) is 34.1 Å². The summed E-state index contributed by atoms with van der Waals surface area (Å²) in [6.45, 7) is 0. The highest BCUT2D eigenvalue weighted by atomic mass is 16.3. The first-order valence-electron chi connectivity index (χ1n) is 7.44. The third kappa shape index (κ3) is 2.77. The molecule has 0 aliphatic heterocycles. The molecule has 23 heavy (non-hydrogen) atoms. The minimum absolute atomic E-state index is 0.693. The second-order valence-electron chi connectivity index (χ2n) is 5.17. The van der Waals surface area contributed by atoms with Crippen molar-refractivity contribution in [2.45, 2.75) is 0 Å². The van der Waals surface area contributed by atoms with Gasteiger partial charge in [0.25, 0.3) is 0 Å². The molecule has 0 bridgehead atoms. The van der Waals surface area contributed by atoms with Crippen LogP contribution in [0.5, 0.6) is 0 Å². The Kier molecular flexibility index (Phi) is 3.45. The maximum absolute atomic E-state index is 5.51. The Morgan fingerprint density at radius 3 is 1.91 bits per heavy atom. The quantitative estimate of drug-likeness (QED) is 0.530. The minimum atomic E-state index is 0.693. The highest BCUT2D eigenvalue weighted by molar-refractivity contribution is 5.69. The summed E-state index contributed by atoms with van der Waals surface area (Å²) in [5.74, 6) is 1.43. The average Bonchev–Trinajstić information content (AvgIpc) is 3.18. The molecule has 4 rings (SSSR count). The maximum Gasteiger partial charge on any atom is 0.160 e. The van der Waals surface area contributed by atoms with Crippen LogP contribution in [0.25, 0.3) is 34.1 Å². The van der Waals surface area contributed by atoms with E-state index in [0.29, 0.717) is 5.82 Å². The molecule has 3 heteroatoms. The summed E-state index contributed by atoms with van der Waals surface area (Å²) in [7, 11) is 0. The smallest absolute Gasteiger partial charge is 0.160 e. The lowest BCUT2D eigenvalue weighted by molar-refractivity contribution is 0.580. The van der Waals surface area contributed by atoms with Gasteiger partial charge in [0.1, 0.15) is 5.69 Å². The summed E-state index contributed by atoms with van der Waals surface area (Å²) in [6.07, 6.45) is 1.65. The van der Waals surface area contributed by atoms with Crippen LogP contribution in [0.1, 0.15) is 0 Å². The number of rotatable bonds is 3. The number of furan rings is 1. The zero-order chi connectivity index (χ0) is 15.5.